The van der Waals surface area contributed by atoms with E-state index in [0.717, 1.165) is 9.71 Å². The minimum atomic E-state index is 1.05. The number of thiazole rings is 1. The smallest absolute Gasteiger partial charge is 0.120 e. The van der Waals surface area contributed by atoms with Crippen molar-refractivity contribution in [2.45, 2.75) is 0 Å². The molecule has 0 N–H and O–H groups in total. The largest absolute Gasteiger partial charge is 0.399 e. The highest BCUT2D eigenvalue weighted by Crippen LogP contribution is 2.14. The van der Waals surface area contributed by atoms with Crippen molar-refractivity contribution in [2.75, 3.05) is 7.11 Å². The molecule has 0 aliphatic heterocycles. The standard InChI is InChI=1S/C7H7N3OS/c1-11-9-2-6-4-10-5-8-3-7(10)12-6/h2-5H,1H3. The summed E-state index contributed by atoms with van der Waals surface area (Å²) in [7, 11) is 1.53. The number of hydrogen-bond donors (Lipinski definition) is 0. The fourth-order valence-corrected chi connectivity index (χ4v) is 1.74. The number of hydrogen-bond acceptors (Lipinski definition) is 4. The molecule has 12 heavy (non-hydrogen) atoms. The first-order valence-electron chi connectivity index (χ1n) is 3.38. The van der Waals surface area contributed by atoms with Crippen LogP contribution in [-0.4, -0.2) is 22.7 Å². The number of aromatic nitrogens is 2. The van der Waals surface area contributed by atoms with Crippen LogP contribution in [0.25, 0.3) is 4.83 Å². The summed E-state index contributed by atoms with van der Waals surface area (Å²) in [4.78, 5) is 10.7. The topological polar surface area (TPSA) is 38.9 Å². The van der Waals surface area contributed by atoms with Crippen molar-refractivity contribution in [3.05, 3.63) is 23.6 Å². The van der Waals surface area contributed by atoms with E-state index in [1.165, 1.54) is 7.11 Å². The second-order valence-corrected chi connectivity index (χ2v) is 3.28. The molecule has 0 unspecified atom stereocenters. The van der Waals surface area contributed by atoms with Crippen molar-refractivity contribution in [2.24, 2.45) is 5.16 Å². The van der Waals surface area contributed by atoms with Crippen LogP contribution in [0, 0.1) is 0 Å². The molecule has 0 aliphatic carbocycles. The van der Waals surface area contributed by atoms with Gasteiger partial charge in [0, 0.05) is 6.20 Å². The van der Waals surface area contributed by atoms with Crippen molar-refractivity contribution in [1.29, 1.82) is 0 Å². The van der Waals surface area contributed by atoms with Gasteiger partial charge in [0.25, 0.3) is 0 Å². The van der Waals surface area contributed by atoms with Gasteiger partial charge in [0.1, 0.15) is 11.9 Å². The molecular formula is C7H7N3OS. The number of rotatable bonds is 2. The summed E-state index contributed by atoms with van der Waals surface area (Å²) in [5.41, 5.74) is 0. The molecule has 0 saturated carbocycles. The van der Waals surface area contributed by atoms with E-state index in [2.05, 4.69) is 15.0 Å². The van der Waals surface area contributed by atoms with Crippen molar-refractivity contribution >= 4 is 22.4 Å². The summed E-state index contributed by atoms with van der Waals surface area (Å²) in [5.74, 6) is 0. The van der Waals surface area contributed by atoms with Gasteiger partial charge >= 0.3 is 0 Å². The molecule has 2 aromatic heterocycles. The van der Waals surface area contributed by atoms with Crippen LogP contribution in [0.3, 0.4) is 0 Å². The summed E-state index contributed by atoms with van der Waals surface area (Å²) in [6.45, 7) is 0. The number of nitrogens with zero attached hydrogens (tertiary/aromatic N) is 3. The van der Waals surface area contributed by atoms with E-state index in [0.29, 0.717) is 0 Å². The Morgan fingerprint density at radius 1 is 1.75 bits per heavy atom. The first kappa shape index (κ1) is 7.30. The third-order valence-corrected chi connectivity index (χ3v) is 2.38. The van der Waals surface area contributed by atoms with Gasteiger partial charge in [-0.2, -0.15) is 0 Å². The second kappa shape index (κ2) is 2.94. The number of fused-ring (bicyclic) bond motifs is 1. The van der Waals surface area contributed by atoms with Crippen LogP contribution in [0.15, 0.2) is 23.9 Å². The molecule has 0 radical (unpaired) electrons. The molecule has 62 valence electrons. The average Bonchev–Trinajstić information content (AvgIpc) is 2.58. The lowest BCUT2D eigenvalue weighted by Gasteiger charge is -1.81. The fraction of sp³-hybridized carbons (Fsp3) is 0.143. The lowest BCUT2D eigenvalue weighted by atomic mass is 10.6. The van der Waals surface area contributed by atoms with Crippen LogP contribution in [-0.2, 0) is 4.84 Å². The van der Waals surface area contributed by atoms with Gasteiger partial charge < -0.3 is 4.84 Å². The highest BCUT2D eigenvalue weighted by Gasteiger charge is 1.97. The van der Waals surface area contributed by atoms with Gasteiger partial charge in [0.05, 0.1) is 23.6 Å². The Bertz CT molecular complexity index is 375. The van der Waals surface area contributed by atoms with Crippen LogP contribution in [0.4, 0.5) is 0 Å². The zero-order valence-corrected chi connectivity index (χ0v) is 7.28. The predicted octanol–water partition coefficient (Wildman–Crippen LogP) is 1.38. The number of imidazole rings is 1. The Labute approximate surface area is 73.1 Å². The third-order valence-electron chi connectivity index (χ3n) is 1.40. The molecule has 0 spiro atoms. The molecule has 2 rings (SSSR count). The molecular weight excluding hydrogens is 174 g/mol. The van der Waals surface area contributed by atoms with Gasteiger partial charge in [0.15, 0.2) is 0 Å². The summed E-state index contributed by atoms with van der Waals surface area (Å²) >= 11 is 1.62. The zero-order valence-electron chi connectivity index (χ0n) is 6.47. The van der Waals surface area contributed by atoms with Gasteiger partial charge in [-0.1, -0.05) is 5.16 Å². The second-order valence-electron chi connectivity index (χ2n) is 2.19. The highest BCUT2D eigenvalue weighted by molar-refractivity contribution is 7.18. The SMILES string of the molecule is CON=Cc1cn2cncc2s1. The van der Waals surface area contributed by atoms with E-state index in [9.17, 15) is 0 Å². The Morgan fingerprint density at radius 2 is 2.67 bits per heavy atom. The van der Waals surface area contributed by atoms with Gasteiger partial charge in [-0.15, -0.1) is 11.3 Å². The maximum absolute atomic E-state index is 4.57. The molecule has 0 aliphatic rings. The monoisotopic (exact) mass is 181 g/mol. The Morgan fingerprint density at radius 3 is 3.42 bits per heavy atom. The maximum Gasteiger partial charge on any atom is 0.120 e. The molecule has 2 heterocycles. The molecule has 0 saturated heterocycles. The normalized spacial score (nSPS) is 11.4. The van der Waals surface area contributed by atoms with Crippen LogP contribution in [0.1, 0.15) is 4.88 Å². The summed E-state index contributed by atoms with van der Waals surface area (Å²) in [6, 6.07) is 0. The van der Waals surface area contributed by atoms with Crippen molar-refractivity contribution < 1.29 is 4.84 Å². The molecule has 0 bridgehead atoms. The maximum atomic E-state index is 4.57. The molecule has 0 fully saturated rings. The van der Waals surface area contributed by atoms with E-state index in [4.69, 9.17) is 0 Å². The van der Waals surface area contributed by atoms with Gasteiger partial charge in [-0.3, -0.25) is 4.40 Å². The summed E-state index contributed by atoms with van der Waals surface area (Å²) in [6.07, 6.45) is 7.21. The van der Waals surface area contributed by atoms with E-state index in [-0.39, 0.29) is 0 Å². The Hall–Kier alpha value is -1.36. The van der Waals surface area contributed by atoms with Gasteiger partial charge in [-0.05, 0) is 0 Å². The van der Waals surface area contributed by atoms with Gasteiger partial charge in [-0.25, -0.2) is 4.98 Å². The fourth-order valence-electron chi connectivity index (χ4n) is 0.917. The predicted molar refractivity (Wildman–Crippen MR) is 47.7 cm³/mol. The van der Waals surface area contributed by atoms with E-state index < -0.39 is 0 Å². The van der Waals surface area contributed by atoms with Crippen LogP contribution in [0.2, 0.25) is 0 Å². The Balaban J connectivity index is 2.38. The molecule has 5 heteroatoms. The first-order chi connectivity index (χ1) is 5.90. The lowest BCUT2D eigenvalue weighted by molar-refractivity contribution is 0.215. The van der Waals surface area contributed by atoms with Crippen molar-refractivity contribution in [1.82, 2.24) is 9.38 Å². The van der Waals surface area contributed by atoms with Crippen LogP contribution >= 0.6 is 11.3 Å². The van der Waals surface area contributed by atoms with Gasteiger partial charge in [0.2, 0.25) is 0 Å². The molecule has 4 nitrogen and oxygen atoms in total. The minimum Gasteiger partial charge on any atom is -0.399 e. The van der Waals surface area contributed by atoms with E-state index >= 15 is 0 Å². The van der Waals surface area contributed by atoms with E-state index in [1.54, 1.807) is 23.9 Å². The highest BCUT2D eigenvalue weighted by atomic mass is 32.1. The van der Waals surface area contributed by atoms with E-state index in [1.807, 2.05) is 16.8 Å². The zero-order chi connectivity index (χ0) is 8.39. The van der Waals surface area contributed by atoms with Crippen LogP contribution in [0.5, 0.6) is 0 Å². The average molecular weight is 181 g/mol. The Kier molecular flexibility index (Phi) is 1.79. The molecule has 0 aromatic carbocycles. The summed E-state index contributed by atoms with van der Waals surface area (Å²) in [5, 5.41) is 3.67. The van der Waals surface area contributed by atoms with Crippen LogP contribution < -0.4 is 0 Å². The molecule has 0 atom stereocenters. The minimum absolute atomic E-state index is 1.05. The van der Waals surface area contributed by atoms with Crippen molar-refractivity contribution in [3.63, 3.8) is 0 Å². The summed E-state index contributed by atoms with van der Waals surface area (Å²) < 4.78 is 1.95. The lowest BCUT2D eigenvalue weighted by Crippen LogP contribution is -1.76. The first-order valence-corrected chi connectivity index (χ1v) is 4.20. The molecule has 0 amide bonds. The molecule has 2 aromatic rings. The number of oxime groups is 1. The quantitative estimate of drug-likeness (QED) is 0.518. The third kappa shape index (κ3) is 1.18. The van der Waals surface area contributed by atoms with Crippen molar-refractivity contribution in [3.8, 4) is 0 Å².